The van der Waals surface area contributed by atoms with Crippen LogP contribution in [0.1, 0.15) is 33.6 Å². The largest absolute Gasteiger partial charge is 0.508 e. The number of rotatable bonds is 3. The van der Waals surface area contributed by atoms with E-state index in [2.05, 4.69) is 0 Å². The molecule has 1 aliphatic rings. The Bertz CT molecular complexity index is 548. The summed E-state index contributed by atoms with van der Waals surface area (Å²) >= 11 is 6.02. The van der Waals surface area contributed by atoms with Crippen LogP contribution >= 0.6 is 11.6 Å². The number of halogens is 1. The first-order chi connectivity index (χ1) is 10.7. The third kappa shape index (κ3) is 5.50. The van der Waals surface area contributed by atoms with Crippen molar-refractivity contribution in [3.63, 3.8) is 0 Å². The highest BCUT2D eigenvalue weighted by atomic mass is 35.5. The Kier molecular flexibility index (Phi) is 5.63. The molecule has 1 amide bonds. The van der Waals surface area contributed by atoms with E-state index in [4.69, 9.17) is 21.1 Å². The Morgan fingerprint density at radius 3 is 2.57 bits per heavy atom. The number of phenols is 1. The molecule has 0 atom stereocenters. The van der Waals surface area contributed by atoms with Crippen molar-refractivity contribution in [3.8, 4) is 11.5 Å². The summed E-state index contributed by atoms with van der Waals surface area (Å²) in [5.74, 6) is 1.06. The fourth-order valence-electron chi connectivity index (χ4n) is 2.42. The molecule has 23 heavy (non-hydrogen) atoms. The molecule has 1 N–H and O–H groups in total. The van der Waals surface area contributed by atoms with Gasteiger partial charge in [0.1, 0.15) is 17.1 Å². The van der Waals surface area contributed by atoms with E-state index in [0.29, 0.717) is 36.4 Å². The standard InChI is InChI=1S/C17H24ClNO4/c1-17(2,3)23-16(21)19-8-6-12(7-9-19)11-22-15-5-4-13(20)10-14(15)18/h4-5,10,12,20H,6-9,11H2,1-3H3. The quantitative estimate of drug-likeness (QED) is 0.900. The molecule has 5 nitrogen and oxygen atoms in total. The first-order valence-electron chi connectivity index (χ1n) is 7.84. The summed E-state index contributed by atoms with van der Waals surface area (Å²) in [4.78, 5) is 13.8. The van der Waals surface area contributed by atoms with Crippen LogP contribution in [-0.2, 0) is 4.74 Å². The maximum absolute atomic E-state index is 12.0. The monoisotopic (exact) mass is 341 g/mol. The zero-order valence-corrected chi connectivity index (χ0v) is 14.6. The molecule has 0 spiro atoms. The second-order valence-electron chi connectivity index (χ2n) is 6.84. The van der Waals surface area contributed by atoms with Gasteiger partial charge in [0.15, 0.2) is 0 Å². The highest BCUT2D eigenvalue weighted by Crippen LogP contribution is 2.29. The number of phenolic OH excluding ortho intramolecular Hbond substituents is 1. The normalized spacial score (nSPS) is 16.3. The zero-order valence-electron chi connectivity index (χ0n) is 13.8. The second kappa shape index (κ2) is 7.30. The minimum Gasteiger partial charge on any atom is -0.508 e. The molecule has 1 fully saturated rings. The topological polar surface area (TPSA) is 59.0 Å². The van der Waals surface area contributed by atoms with Crippen molar-refractivity contribution in [2.75, 3.05) is 19.7 Å². The molecule has 6 heteroatoms. The Balaban J connectivity index is 1.77. The van der Waals surface area contributed by atoms with Gasteiger partial charge < -0.3 is 19.5 Å². The van der Waals surface area contributed by atoms with E-state index >= 15 is 0 Å². The van der Waals surface area contributed by atoms with Crippen LogP contribution in [0, 0.1) is 5.92 Å². The molecule has 0 radical (unpaired) electrons. The Labute approximate surface area is 142 Å². The number of hydrogen-bond donors (Lipinski definition) is 1. The fourth-order valence-corrected chi connectivity index (χ4v) is 2.65. The lowest BCUT2D eigenvalue weighted by Crippen LogP contribution is -2.42. The van der Waals surface area contributed by atoms with Gasteiger partial charge in [0, 0.05) is 19.2 Å². The number of aromatic hydroxyl groups is 1. The maximum atomic E-state index is 12.0. The molecule has 0 bridgehead atoms. The minimum atomic E-state index is -0.466. The van der Waals surface area contributed by atoms with Gasteiger partial charge in [0.25, 0.3) is 0 Å². The van der Waals surface area contributed by atoms with Crippen LogP contribution < -0.4 is 4.74 Å². The molecule has 0 saturated carbocycles. The van der Waals surface area contributed by atoms with Crippen molar-refractivity contribution in [2.45, 2.75) is 39.2 Å². The molecule has 2 rings (SSSR count). The van der Waals surface area contributed by atoms with Gasteiger partial charge in [0.05, 0.1) is 11.6 Å². The van der Waals surface area contributed by atoms with Gasteiger partial charge >= 0.3 is 6.09 Å². The summed E-state index contributed by atoms with van der Waals surface area (Å²) in [6.07, 6.45) is 1.49. The van der Waals surface area contributed by atoms with Gasteiger partial charge in [-0.1, -0.05) is 11.6 Å². The zero-order chi connectivity index (χ0) is 17.0. The van der Waals surface area contributed by atoms with Crippen LogP contribution in [0.15, 0.2) is 18.2 Å². The summed E-state index contributed by atoms with van der Waals surface area (Å²) in [6.45, 7) is 7.50. The van der Waals surface area contributed by atoms with E-state index in [0.717, 1.165) is 12.8 Å². The molecule has 1 aromatic rings. The van der Waals surface area contributed by atoms with E-state index in [1.807, 2.05) is 20.8 Å². The Morgan fingerprint density at radius 1 is 1.35 bits per heavy atom. The predicted molar refractivity (Wildman–Crippen MR) is 89.1 cm³/mol. The molecule has 128 valence electrons. The van der Waals surface area contributed by atoms with Crippen molar-refractivity contribution in [1.29, 1.82) is 0 Å². The van der Waals surface area contributed by atoms with E-state index < -0.39 is 5.60 Å². The second-order valence-corrected chi connectivity index (χ2v) is 7.24. The summed E-state index contributed by atoms with van der Waals surface area (Å²) in [7, 11) is 0. The molecular formula is C17H24ClNO4. The molecule has 0 aromatic heterocycles. The van der Waals surface area contributed by atoms with Crippen molar-refractivity contribution < 1.29 is 19.4 Å². The predicted octanol–water partition coefficient (Wildman–Crippen LogP) is 4.07. The number of carbonyl (C=O) groups excluding carboxylic acids is 1. The van der Waals surface area contributed by atoms with Gasteiger partial charge in [0.2, 0.25) is 0 Å². The van der Waals surface area contributed by atoms with Crippen molar-refractivity contribution in [3.05, 3.63) is 23.2 Å². The number of likely N-dealkylation sites (tertiary alicyclic amines) is 1. The first kappa shape index (κ1) is 17.7. The van der Waals surface area contributed by atoms with E-state index in [9.17, 15) is 9.90 Å². The maximum Gasteiger partial charge on any atom is 0.410 e. The summed E-state index contributed by atoms with van der Waals surface area (Å²) in [5.41, 5.74) is -0.466. The number of hydrogen-bond acceptors (Lipinski definition) is 4. The highest BCUT2D eigenvalue weighted by molar-refractivity contribution is 6.32. The van der Waals surface area contributed by atoms with E-state index in [1.54, 1.807) is 17.0 Å². The molecule has 1 saturated heterocycles. The van der Waals surface area contributed by atoms with Crippen molar-refractivity contribution in [2.24, 2.45) is 5.92 Å². The number of piperidine rings is 1. The van der Waals surface area contributed by atoms with Crippen LogP contribution in [-0.4, -0.2) is 41.4 Å². The van der Waals surface area contributed by atoms with Crippen LogP contribution in [0.2, 0.25) is 5.02 Å². The number of carbonyl (C=O) groups is 1. The number of benzene rings is 1. The fraction of sp³-hybridized carbons (Fsp3) is 0.588. The Morgan fingerprint density at radius 2 is 2.00 bits per heavy atom. The van der Waals surface area contributed by atoms with Crippen LogP contribution in [0.25, 0.3) is 0 Å². The number of amides is 1. The third-order valence-corrected chi connectivity index (χ3v) is 3.95. The van der Waals surface area contributed by atoms with Crippen LogP contribution in [0.3, 0.4) is 0 Å². The minimum absolute atomic E-state index is 0.119. The van der Waals surface area contributed by atoms with Crippen LogP contribution in [0.4, 0.5) is 4.79 Å². The summed E-state index contributed by atoms with van der Waals surface area (Å²) in [5, 5.41) is 9.73. The average molecular weight is 342 g/mol. The SMILES string of the molecule is CC(C)(C)OC(=O)N1CCC(COc2ccc(O)cc2Cl)CC1. The smallest absolute Gasteiger partial charge is 0.410 e. The van der Waals surface area contributed by atoms with Gasteiger partial charge in [-0.15, -0.1) is 0 Å². The molecule has 1 aromatic carbocycles. The molecule has 1 aliphatic heterocycles. The molecule has 1 heterocycles. The van der Waals surface area contributed by atoms with Gasteiger partial charge in [-0.25, -0.2) is 4.79 Å². The number of nitrogens with zero attached hydrogens (tertiary/aromatic N) is 1. The van der Waals surface area contributed by atoms with Gasteiger partial charge in [-0.3, -0.25) is 0 Å². The average Bonchev–Trinajstić information content (AvgIpc) is 2.45. The van der Waals surface area contributed by atoms with E-state index in [-0.39, 0.29) is 11.8 Å². The molecule has 0 unspecified atom stereocenters. The number of ether oxygens (including phenoxy) is 2. The summed E-state index contributed by atoms with van der Waals surface area (Å²) in [6, 6.07) is 4.67. The van der Waals surface area contributed by atoms with Crippen LogP contribution in [0.5, 0.6) is 11.5 Å². The van der Waals surface area contributed by atoms with Gasteiger partial charge in [-0.2, -0.15) is 0 Å². The third-order valence-electron chi connectivity index (χ3n) is 3.66. The lowest BCUT2D eigenvalue weighted by atomic mass is 9.98. The lowest BCUT2D eigenvalue weighted by Gasteiger charge is -2.33. The lowest BCUT2D eigenvalue weighted by molar-refractivity contribution is 0.0165. The Hall–Kier alpha value is -1.62. The van der Waals surface area contributed by atoms with E-state index in [1.165, 1.54) is 6.07 Å². The van der Waals surface area contributed by atoms with Gasteiger partial charge in [-0.05, 0) is 51.7 Å². The molecular weight excluding hydrogens is 318 g/mol. The summed E-state index contributed by atoms with van der Waals surface area (Å²) < 4.78 is 11.1. The first-order valence-corrected chi connectivity index (χ1v) is 8.21. The highest BCUT2D eigenvalue weighted by Gasteiger charge is 2.27. The van der Waals surface area contributed by atoms with Crippen molar-refractivity contribution in [1.82, 2.24) is 4.90 Å². The van der Waals surface area contributed by atoms with Crippen molar-refractivity contribution >= 4 is 17.7 Å². The molecule has 0 aliphatic carbocycles.